The molecule has 1 aromatic rings. The van der Waals surface area contributed by atoms with Crippen molar-refractivity contribution >= 4 is 5.69 Å². The monoisotopic (exact) mass is 250 g/mol. The van der Waals surface area contributed by atoms with Gasteiger partial charge in [-0.25, -0.2) is 0 Å². The molecule has 0 radical (unpaired) electrons. The fourth-order valence-corrected chi connectivity index (χ4v) is 2.45. The molecule has 1 unspecified atom stereocenters. The SMILES string of the molecule is Cc1c(CN2CCCC(O)C2)cccc1[N+](=O)[O-]. The Bertz CT molecular complexity index is 448. The minimum absolute atomic E-state index is 0.171. The van der Waals surface area contributed by atoms with Gasteiger partial charge in [-0.15, -0.1) is 0 Å². The number of likely N-dealkylation sites (tertiary alicyclic amines) is 1. The van der Waals surface area contributed by atoms with Gasteiger partial charge in [-0.1, -0.05) is 12.1 Å². The first-order valence-corrected chi connectivity index (χ1v) is 6.21. The maximum absolute atomic E-state index is 10.9. The lowest BCUT2D eigenvalue weighted by molar-refractivity contribution is -0.385. The van der Waals surface area contributed by atoms with Crippen molar-refractivity contribution < 1.29 is 10.0 Å². The van der Waals surface area contributed by atoms with E-state index in [4.69, 9.17) is 0 Å². The normalized spacial score (nSPS) is 20.9. The molecule has 2 rings (SSSR count). The van der Waals surface area contributed by atoms with E-state index in [-0.39, 0.29) is 16.7 Å². The minimum atomic E-state index is -0.343. The molecule has 0 aromatic heterocycles. The molecule has 1 heterocycles. The van der Waals surface area contributed by atoms with Gasteiger partial charge >= 0.3 is 0 Å². The number of nitro benzene ring substituents is 1. The van der Waals surface area contributed by atoms with E-state index in [1.165, 1.54) is 6.07 Å². The maximum atomic E-state index is 10.9. The highest BCUT2D eigenvalue weighted by atomic mass is 16.6. The molecule has 1 atom stereocenters. The fourth-order valence-electron chi connectivity index (χ4n) is 2.45. The van der Waals surface area contributed by atoms with E-state index >= 15 is 0 Å². The molecule has 0 amide bonds. The van der Waals surface area contributed by atoms with Crippen LogP contribution in [0.4, 0.5) is 5.69 Å². The minimum Gasteiger partial charge on any atom is -0.392 e. The summed E-state index contributed by atoms with van der Waals surface area (Å²) in [5.41, 5.74) is 1.87. The molecule has 1 fully saturated rings. The number of aliphatic hydroxyl groups is 1. The number of hydrogen-bond acceptors (Lipinski definition) is 4. The largest absolute Gasteiger partial charge is 0.392 e. The summed E-state index contributed by atoms with van der Waals surface area (Å²) >= 11 is 0. The lowest BCUT2D eigenvalue weighted by Gasteiger charge is -2.30. The van der Waals surface area contributed by atoms with E-state index in [0.717, 1.165) is 30.5 Å². The van der Waals surface area contributed by atoms with Gasteiger partial charge in [0.1, 0.15) is 0 Å². The van der Waals surface area contributed by atoms with Gasteiger partial charge < -0.3 is 5.11 Å². The summed E-state index contributed by atoms with van der Waals surface area (Å²) in [7, 11) is 0. The molecule has 0 saturated carbocycles. The van der Waals surface area contributed by atoms with E-state index in [1.54, 1.807) is 13.0 Å². The molecule has 1 saturated heterocycles. The lowest BCUT2D eigenvalue weighted by atomic mass is 10.0. The third kappa shape index (κ3) is 2.86. The molecular weight excluding hydrogens is 232 g/mol. The van der Waals surface area contributed by atoms with Gasteiger partial charge in [-0.05, 0) is 31.9 Å². The van der Waals surface area contributed by atoms with Gasteiger partial charge in [0.05, 0.1) is 11.0 Å². The van der Waals surface area contributed by atoms with Gasteiger partial charge in [-0.3, -0.25) is 15.0 Å². The Kier molecular flexibility index (Phi) is 3.93. The van der Waals surface area contributed by atoms with Gasteiger partial charge in [0.25, 0.3) is 5.69 Å². The molecule has 98 valence electrons. The molecule has 5 heteroatoms. The average Bonchev–Trinajstić information content (AvgIpc) is 2.31. The number of benzene rings is 1. The summed E-state index contributed by atoms with van der Waals surface area (Å²) < 4.78 is 0. The van der Waals surface area contributed by atoms with Gasteiger partial charge in [0.2, 0.25) is 0 Å². The average molecular weight is 250 g/mol. The van der Waals surface area contributed by atoms with Crippen LogP contribution in [0.25, 0.3) is 0 Å². The Hall–Kier alpha value is -1.46. The summed E-state index contributed by atoms with van der Waals surface area (Å²) in [6, 6.07) is 5.17. The standard InChI is InChI=1S/C13H18N2O3/c1-10-11(4-2-6-13(10)15(17)18)8-14-7-3-5-12(16)9-14/h2,4,6,12,16H,3,5,7-9H2,1H3. The number of piperidine rings is 1. The summed E-state index contributed by atoms with van der Waals surface area (Å²) in [4.78, 5) is 12.7. The summed E-state index contributed by atoms with van der Waals surface area (Å²) in [5.74, 6) is 0. The van der Waals surface area contributed by atoms with Crippen molar-refractivity contribution in [3.8, 4) is 0 Å². The molecule has 5 nitrogen and oxygen atoms in total. The van der Waals surface area contributed by atoms with E-state index < -0.39 is 0 Å². The van der Waals surface area contributed by atoms with Crippen LogP contribution in [0, 0.1) is 17.0 Å². The third-order valence-corrected chi connectivity index (χ3v) is 3.49. The van der Waals surface area contributed by atoms with Crippen LogP contribution in [-0.2, 0) is 6.54 Å². The Morgan fingerprint density at radius 1 is 1.56 bits per heavy atom. The Morgan fingerprint density at radius 2 is 2.33 bits per heavy atom. The van der Waals surface area contributed by atoms with Crippen LogP contribution in [0.1, 0.15) is 24.0 Å². The Morgan fingerprint density at radius 3 is 3.00 bits per heavy atom. The van der Waals surface area contributed by atoms with Crippen molar-refractivity contribution in [2.75, 3.05) is 13.1 Å². The van der Waals surface area contributed by atoms with Crippen LogP contribution in [0.5, 0.6) is 0 Å². The van der Waals surface area contributed by atoms with Crippen molar-refractivity contribution in [3.05, 3.63) is 39.4 Å². The highest BCUT2D eigenvalue weighted by Gasteiger charge is 2.20. The highest BCUT2D eigenvalue weighted by Crippen LogP contribution is 2.23. The molecule has 0 aliphatic carbocycles. The Labute approximate surface area is 106 Å². The van der Waals surface area contributed by atoms with Crippen LogP contribution in [0.15, 0.2) is 18.2 Å². The van der Waals surface area contributed by atoms with E-state index in [2.05, 4.69) is 4.90 Å². The number of nitrogens with zero attached hydrogens (tertiary/aromatic N) is 2. The first-order valence-electron chi connectivity index (χ1n) is 6.21. The first kappa shape index (κ1) is 13.0. The summed E-state index contributed by atoms with van der Waals surface area (Å²) in [6.45, 7) is 4.06. The molecular formula is C13H18N2O3. The third-order valence-electron chi connectivity index (χ3n) is 3.49. The summed E-state index contributed by atoms with van der Waals surface area (Å²) in [6.07, 6.45) is 1.57. The molecule has 1 aliphatic heterocycles. The van der Waals surface area contributed by atoms with Crippen LogP contribution in [0.3, 0.4) is 0 Å². The number of β-amino-alcohol motifs (C(OH)–C–C–N with tert-alkyl or cyclic N) is 1. The van der Waals surface area contributed by atoms with Crippen LogP contribution >= 0.6 is 0 Å². The van der Waals surface area contributed by atoms with Crippen molar-refractivity contribution in [2.24, 2.45) is 0 Å². The van der Waals surface area contributed by atoms with Crippen molar-refractivity contribution in [3.63, 3.8) is 0 Å². The van der Waals surface area contributed by atoms with Gasteiger partial charge in [0.15, 0.2) is 0 Å². The first-order chi connectivity index (χ1) is 8.58. The second-order valence-corrected chi connectivity index (χ2v) is 4.85. The molecule has 0 bridgehead atoms. The number of rotatable bonds is 3. The van der Waals surface area contributed by atoms with E-state index in [1.807, 2.05) is 6.07 Å². The van der Waals surface area contributed by atoms with Gasteiger partial charge in [0, 0.05) is 24.7 Å². The molecule has 18 heavy (non-hydrogen) atoms. The molecule has 1 aromatic carbocycles. The van der Waals surface area contributed by atoms with Crippen molar-refractivity contribution in [1.29, 1.82) is 0 Å². The number of aliphatic hydroxyl groups excluding tert-OH is 1. The highest BCUT2D eigenvalue weighted by molar-refractivity contribution is 5.44. The van der Waals surface area contributed by atoms with Gasteiger partial charge in [-0.2, -0.15) is 0 Å². The predicted octanol–water partition coefficient (Wildman–Crippen LogP) is 1.86. The van der Waals surface area contributed by atoms with Crippen molar-refractivity contribution in [1.82, 2.24) is 4.90 Å². The fraction of sp³-hybridized carbons (Fsp3) is 0.538. The smallest absolute Gasteiger partial charge is 0.272 e. The predicted molar refractivity (Wildman–Crippen MR) is 68.4 cm³/mol. The topological polar surface area (TPSA) is 66.6 Å². The van der Waals surface area contributed by atoms with Crippen LogP contribution in [-0.4, -0.2) is 34.1 Å². The zero-order chi connectivity index (χ0) is 13.1. The van der Waals surface area contributed by atoms with E-state index in [9.17, 15) is 15.2 Å². The van der Waals surface area contributed by atoms with E-state index in [0.29, 0.717) is 13.1 Å². The lowest BCUT2D eigenvalue weighted by Crippen LogP contribution is -2.37. The van der Waals surface area contributed by atoms with Crippen LogP contribution < -0.4 is 0 Å². The second kappa shape index (κ2) is 5.46. The Balaban J connectivity index is 2.14. The zero-order valence-corrected chi connectivity index (χ0v) is 10.5. The molecule has 1 N–H and O–H groups in total. The zero-order valence-electron chi connectivity index (χ0n) is 10.5. The van der Waals surface area contributed by atoms with Crippen LogP contribution in [0.2, 0.25) is 0 Å². The van der Waals surface area contributed by atoms with Crippen molar-refractivity contribution in [2.45, 2.75) is 32.4 Å². The molecule has 0 spiro atoms. The number of nitro groups is 1. The molecule has 1 aliphatic rings. The summed E-state index contributed by atoms with van der Waals surface area (Å²) in [5, 5.41) is 20.5. The second-order valence-electron chi connectivity index (χ2n) is 4.85. The quantitative estimate of drug-likeness (QED) is 0.657. The number of hydrogen-bond donors (Lipinski definition) is 1. The maximum Gasteiger partial charge on any atom is 0.272 e.